The Kier molecular flexibility index (Phi) is 15.5. The highest BCUT2D eigenvalue weighted by atomic mass is 35.5. The summed E-state index contributed by atoms with van der Waals surface area (Å²) < 4.78 is 0. The van der Waals surface area contributed by atoms with Crippen LogP contribution in [0.5, 0.6) is 0 Å². The molecule has 0 aromatic carbocycles. The van der Waals surface area contributed by atoms with Crippen LogP contribution in [0.4, 0.5) is 0 Å². The number of hydrogen-bond acceptors (Lipinski definition) is 2. The van der Waals surface area contributed by atoms with Crippen LogP contribution in [-0.2, 0) is 4.79 Å². The van der Waals surface area contributed by atoms with E-state index in [0.29, 0.717) is 6.42 Å². The van der Waals surface area contributed by atoms with Crippen molar-refractivity contribution in [2.24, 2.45) is 0 Å². The Morgan fingerprint density at radius 3 is 2.09 bits per heavy atom. The van der Waals surface area contributed by atoms with Crippen LogP contribution in [0.3, 0.4) is 0 Å². The lowest BCUT2D eigenvalue weighted by molar-refractivity contribution is -0.137. The third-order valence-corrected chi connectivity index (χ3v) is 5.28. The molecule has 0 aliphatic heterocycles. The van der Waals surface area contributed by atoms with Crippen molar-refractivity contribution in [3.63, 3.8) is 0 Å². The molecule has 0 fully saturated rings. The Morgan fingerprint density at radius 1 is 0.870 bits per heavy atom. The number of unbranched alkanes of at least 4 members (excludes halogenated alkanes) is 7. The summed E-state index contributed by atoms with van der Waals surface area (Å²) in [6.07, 6.45) is 11.7. The molecule has 3 atom stereocenters. The molecule has 0 heterocycles. The second-order valence-corrected chi connectivity index (χ2v) is 7.59. The van der Waals surface area contributed by atoms with Gasteiger partial charge in [0.25, 0.3) is 0 Å². The van der Waals surface area contributed by atoms with Gasteiger partial charge in [-0.25, -0.2) is 0 Å². The van der Waals surface area contributed by atoms with Gasteiger partial charge in [0, 0.05) is 6.42 Å². The zero-order chi connectivity index (χ0) is 17.5. The zero-order valence-corrected chi connectivity index (χ0v) is 16.0. The third kappa shape index (κ3) is 15.3. The normalized spacial score (nSPS) is 15.3. The molecule has 5 heteroatoms. The summed E-state index contributed by atoms with van der Waals surface area (Å²) in [5.41, 5.74) is 0. The van der Waals surface area contributed by atoms with Crippen molar-refractivity contribution >= 4 is 29.2 Å². The molecule has 0 aliphatic rings. The van der Waals surface area contributed by atoms with Crippen LogP contribution < -0.4 is 0 Å². The van der Waals surface area contributed by atoms with Crippen molar-refractivity contribution in [1.82, 2.24) is 0 Å². The zero-order valence-electron chi connectivity index (χ0n) is 14.5. The summed E-state index contributed by atoms with van der Waals surface area (Å²) in [5.74, 6) is -0.718. The van der Waals surface area contributed by atoms with Crippen LogP contribution >= 0.6 is 23.2 Å². The van der Waals surface area contributed by atoms with Gasteiger partial charge < -0.3 is 10.2 Å². The van der Waals surface area contributed by atoms with Gasteiger partial charge in [-0.15, -0.1) is 23.2 Å². The van der Waals surface area contributed by atoms with E-state index in [9.17, 15) is 9.90 Å². The van der Waals surface area contributed by atoms with Crippen molar-refractivity contribution in [2.45, 2.75) is 107 Å². The minimum absolute atomic E-state index is 0.0963. The predicted octanol–water partition coefficient (Wildman–Crippen LogP) is 5.74. The van der Waals surface area contributed by atoms with Crippen LogP contribution in [0, 0.1) is 0 Å². The van der Waals surface area contributed by atoms with Crippen LogP contribution in [0.2, 0.25) is 0 Å². The quantitative estimate of drug-likeness (QED) is 0.269. The second kappa shape index (κ2) is 15.5. The maximum absolute atomic E-state index is 10.4. The molecule has 23 heavy (non-hydrogen) atoms. The third-order valence-electron chi connectivity index (χ3n) is 4.15. The molecule has 0 radical (unpaired) electrons. The highest BCUT2D eigenvalue weighted by molar-refractivity contribution is 6.30. The fraction of sp³-hybridized carbons (Fsp3) is 0.944. The molecule has 0 aromatic heterocycles. The number of aliphatic carboxylic acids is 1. The second-order valence-electron chi connectivity index (χ2n) is 6.47. The Bertz CT molecular complexity index is 287. The molecule has 3 nitrogen and oxygen atoms in total. The SMILES string of the molecule is CCCCCC[C@H](O)C[C@H](Cl)[C@@H](Cl)CCCCCCCC(=O)O. The van der Waals surface area contributed by atoms with Crippen molar-refractivity contribution in [3.05, 3.63) is 0 Å². The van der Waals surface area contributed by atoms with Gasteiger partial charge in [0.1, 0.15) is 0 Å². The van der Waals surface area contributed by atoms with E-state index in [1.807, 2.05) is 0 Å². The summed E-state index contributed by atoms with van der Waals surface area (Å²) in [6, 6.07) is 0. The smallest absolute Gasteiger partial charge is 0.303 e. The number of rotatable bonds is 16. The first-order valence-corrected chi connectivity index (χ1v) is 10.0. The van der Waals surface area contributed by atoms with Crippen LogP contribution in [0.1, 0.15) is 90.4 Å². The molecular formula is C18H34Cl2O3. The summed E-state index contributed by atoms with van der Waals surface area (Å²) in [7, 11) is 0. The number of hydrogen-bond donors (Lipinski definition) is 2. The van der Waals surface area contributed by atoms with E-state index in [1.165, 1.54) is 19.3 Å². The van der Waals surface area contributed by atoms with Gasteiger partial charge >= 0.3 is 5.97 Å². The topological polar surface area (TPSA) is 57.5 Å². The maximum atomic E-state index is 10.4. The summed E-state index contributed by atoms with van der Waals surface area (Å²) >= 11 is 12.6. The van der Waals surface area contributed by atoms with Gasteiger partial charge in [-0.1, -0.05) is 58.3 Å². The summed E-state index contributed by atoms with van der Waals surface area (Å²) in [6.45, 7) is 2.18. The number of carboxylic acids is 1. The molecule has 138 valence electrons. The largest absolute Gasteiger partial charge is 0.481 e. The Balaban J connectivity index is 3.57. The number of carbonyl (C=O) groups is 1. The van der Waals surface area contributed by atoms with E-state index >= 15 is 0 Å². The number of aliphatic hydroxyl groups is 1. The molecule has 0 amide bonds. The van der Waals surface area contributed by atoms with Gasteiger partial charge in [-0.05, 0) is 25.7 Å². The molecule has 0 saturated carbocycles. The molecular weight excluding hydrogens is 335 g/mol. The molecule has 0 aliphatic carbocycles. The van der Waals surface area contributed by atoms with E-state index in [1.54, 1.807) is 0 Å². The standard InChI is InChI=1S/C18H34Cl2O3/c1-2-3-4-8-11-15(21)14-17(20)16(19)12-9-6-5-7-10-13-18(22)23/h15-17,21H,2-14H2,1H3,(H,22,23)/t15-,16-,17-/m0/s1. The molecule has 0 spiro atoms. The molecule has 0 rings (SSSR count). The lowest BCUT2D eigenvalue weighted by Crippen LogP contribution is -2.22. The van der Waals surface area contributed by atoms with Gasteiger partial charge in [0.2, 0.25) is 0 Å². The van der Waals surface area contributed by atoms with Crippen molar-refractivity contribution in [3.8, 4) is 0 Å². The van der Waals surface area contributed by atoms with Crippen molar-refractivity contribution < 1.29 is 15.0 Å². The molecule has 0 saturated heterocycles. The highest BCUT2D eigenvalue weighted by Gasteiger charge is 2.19. The Morgan fingerprint density at radius 2 is 1.43 bits per heavy atom. The lowest BCUT2D eigenvalue weighted by atomic mass is 10.0. The van der Waals surface area contributed by atoms with Gasteiger partial charge in [-0.3, -0.25) is 4.79 Å². The maximum Gasteiger partial charge on any atom is 0.303 e. The fourth-order valence-corrected chi connectivity index (χ4v) is 3.25. The lowest BCUT2D eigenvalue weighted by Gasteiger charge is -2.19. The van der Waals surface area contributed by atoms with E-state index in [4.69, 9.17) is 28.3 Å². The fourth-order valence-electron chi connectivity index (χ4n) is 2.66. The molecule has 0 unspecified atom stereocenters. The van der Waals surface area contributed by atoms with Gasteiger partial charge in [0.15, 0.2) is 0 Å². The van der Waals surface area contributed by atoms with Crippen LogP contribution in [0.25, 0.3) is 0 Å². The number of carboxylic acid groups (broad SMARTS) is 1. The molecule has 0 aromatic rings. The molecule has 2 N–H and O–H groups in total. The minimum Gasteiger partial charge on any atom is -0.481 e. The molecule has 0 bridgehead atoms. The number of aliphatic hydroxyl groups excluding tert-OH is 1. The number of alkyl halides is 2. The Labute approximate surface area is 151 Å². The van der Waals surface area contributed by atoms with Crippen molar-refractivity contribution in [1.29, 1.82) is 0 Å². The highest BCUT2D eigenvalue weighted by Crippen LogP contribution is 2.23. The summed E-state index contributed by atoms with van der Waals surface area (Å²) in [5, 5.41) is 18.3. The minimum atomic E-state index is -0.718. The van der Waals surface area contributed by atoms with E-state index in [2.05, 4.69) is 6.92 Å². The van der Waals surface area contributed by atoms with Gasteiger partial charge in [0.05, 0.1) is 16.9 Å². The average Bonchev–Trinajstić information content (AvgIpc) is 2.50. The van der Waals surface area contributed by atoms with E-state index in [-0.39, 0.29) is 23.3 Å². The first-order chi connectivity index (χ1) is 11.0. The van der Waals surface area contributed by atoms with Crippen LogP contribution in [-0.4, -0.2) is 33.0 Å². The van der Waals surface area contributed by atoms with Crippen molar-refractivity contribution in [2.75, 3.05) is 0 Å². The first-order valence-electron chi connectivity index (χ1n) is 9.15. The number of halogens is 2. The monoisotopic (exact) mass is 368 g/mol. The van der Waals surface area contributed by atoms with Crippen LogP contribution in [0.15, 0.2) is 0 Å². The van der Waals surface area contributed by atoms with E-state index < -0.39 is 5.97 Å². The predicted molar refractivity (Wildman–Crippen MR) is 98.6 cm³/mol. The van der Waals surface area contributed by atoms with Gasteiger partial charge in [-0.2, -0.15) is 0 Å². The van der Waals surface area contributed by atoms with E-state index in [0.717, 1.165) is 51.4 Å². The average molecular weight is 369 g/mol. The first kappa shape index (κ1) is 23.0. The Hall–Kier alpha value is 0.01000. The summed E-state index contributed by atoms with van der Waals surface area (Å²) in [4.78, 5) is 10.4.